The van der Waals surface area contributed by atoms with Crippen LogP contribution in [-0.2, 0) is 27.8 Å². The highest BCUT2D eigenvalue weighted by Crippen LogP contribution is 2.27. The Morgan fingerprint density at radius 1 is 0.971 bits per heavy atom. The predicted molar refractivity (Wildman–Crippen MR) is 131 cm³/mol. The Labute approximate surface area is 197 Å². The predicted octanol–water partition coefficient (Wildman–Crippen LogP) is 4.10. The first-order valence-corrected chi connectivity index (χ1v) is 11.0. The van der Waals surface area contributed by atoms with Crippen LogP contribution in [-0.4, -0.2) is 27.5 Å². The first-order chi connectivity index (χ1) is 16.4. The lowest BCUT2D eigenvalue weighted by Gasteiger charge is -2.16. The van der Waals surface area contributed by atoms with Crippen LogP contribution in [0.3, 0.4) is 0 Å². The molecular weight excluding hydrogens is 430 g/mol. The molecule has 0 spiro atoms. The van der Waals surface area contributed by atoms with Crippen LogP contribution in [0.2, 0.25) is 0 Å². The molecule has 1 aromatic heterocycles. The summed E-state index contributed by atoms with van der Waals surface area (Å²) in [6.45, 7) is 1.53. The number of nitrogens with zero attached hydrogens (tertiary/aromatic N) is 2. The molecule has 7 nitrogen and oxygen atoms in total. The van der Waals surface area contributed by atoms with Gasteiger partial charge in [0.1, 0.15) is 5.82 Å². The van der Waals surface area contributed by atoms with Gasteiger partial charge >= 0.3 is 5.97 Å². The van der Waals surface area contributed by atoms with E-state index in [2.05, 4.69) is 10.3 Å². The summed E-state index contributed by atoms with van der Waals surface area (Å²) in [6.07, 6.45) is -0.762. The number of nitrogens with one attached hydrogen (secondary N) is 1. The van der Waals surface area contributed by atoms with E-state index in [-0.39, 0.29) is 18.4 Å². The van der Waals surface area contributed by atoms with Crippen molar-refractivity contribution >= 4 is 28.5 Å². The van der Waals surface area contributed by atoms with Crippen molar-refractivity contribution in [3.63, 3.8) is 0 Å². The van der Waals surface area contributed by atoms with Crippen molar-refractivity contribution in [3.05, 3.63) is 95.0 Å². The van der Waals surface area contributed by atoms with Crippen molar-refractivity contribution in [2.45, 2.75) is 25.9 Å². The molecule has 0 aliphatic carbocycles. The monoisotopic (exact) mass is 455 g/mol. The Bertz CT molecular complexity index is 1400. The Kier molecular flexibility index (Phi) is 6.82. The maximum absolute atomic E-state index is 12.7. The highest BCUT2D eigenvalue weighted by atomic mass is 16.5. The van der Waals surface area contributed by atoms with Crippen molar-refractivity contribution in [1.29, 1.82) is 0 Å². The average Bonchev–Trinajstić information content (AvgIpc) is 2.86. The maximum Gasteiger partial charge on any atom is 0.307 e. The molecule has 7 heteroatoms. The van der Waals surface area contributed by atoms with Gasteiger partial charge in [-0.3, -0.25) is 19.0 Å². The fraction of sp³-hybridized carbons (Fsp3) is 0.185. The van der Waals surface area contributed by atoms with Crippen LogP contribution < -0.4 is 10.9 Å². The Morgan fingerprint density at radius 2 is 1.65 bits per heavy atom. The number of carbonyl (C=O) groups excluding carboxylic acids is 2. The third-order valence-electron chi connectivity index (χ3n) is 5.58. The van der Waals surface area contributed by atoms with Gasteiger partial charge in [0.15, 0.2) is 6.10 Å². The highest BCUT2D eigenvalue weighted by Gasteiger charge is 2.20. The fourth-order valence-electron chi connectivity index (χ4n) is 3.71. The Balaban J connectivity index is 1.38. The van der Waals surface area contributed by atoms with Gasteiger partial charge in [0.25, 0.3) is 11.5 Å². The van der Waals surface area contributed by atoms with Crippen molar-refractivity contribution in [2.24, 2.45) is 7.05 Å². The quantitative estimate of drug-likeness (QED) is 0.424. The molecule has 0 bridgehead atoms. The lowest BCUT2D eigenvalue weighted by molar-refractivity contribution is -0.153. The van der Waals surface area contributed by atoms with Gasteiger partial charge in [0, 0.05) is 24.7 Å². The smallest absolute Gasteiger partial charge is 0.307 e. The molecule has 3 aromatic carbocycles. The van der Waals surface area contributed by atoms with E-state index in [0.29, 0.717) is 22.4 Å². The summed E-state index contributed by atoms with van der Waals surface area (Å²) in [4.78, 5) is 42.1. The minimum absolute atomic E-state index is 0.00313. The molecule has 1 atom stereocenters. The lowest BCUT2D eigenvalue weighted by Crippen LogP contribution is -2.30. The molecule has 1 heterocycles. The largest absolute Gasteiger partial charge is 0.453 e. The van der Waals surface area contributed by atoms with Crippen molar-refractivity contribution in [1.82, 2.24) is 9.55 Å². The van der Waals surface area contributed by atoms with Gasteiger partial charge in [-0.2, -0.15) is 0 Å². The number of hydrogen-bond acceptors (Lipinski definition) is 5. The van der Waals surface area contributed by atoms with Crippen molar-refractivity contribution < 1.29 is 14.3 Å². The van der Waals surface area contributed by atoms with Gasteiger partial charge in [0.05, 0.1) is 17.3 Å². The molecule has 0 radical (unpaired) electrons. The summed E-state index contributed by atoms with van der Waals surface area (Å²) in [5, 5.41) is 3.38. The zero-order chi connectivity index (χ0) is 24.1. The zero-order valence-electron chi connectivity index (χ0n) is 19.0. The summed E-state index contributed by atoms with van der Waals surface area (Å²) in [7, 11) is 1.63. The second kappa shape index (κ2) is 10.1. The molecule has 0 saturated heterocycles. The van der Waals surface area contributed by atoms with Gasteiger partial charge in [-0.1, -0.05) is 60.7 Å². The van der Waals surface area contributed by atoms with E-state index < -0.39 is 18.0 Å². The molecule has 0 aliphatic rings. The summed E-state index contributed by atoms with van der Waals surface area (Å²) < 4.78 is 6.78. The third-order valence-corrected chi connectivity index (χ3v) is 5.58. The number of fused-ring (bicyclic) bond motifs is 1. The van der Waals surface area contributed by atoms with E-state index in [0.717, 1.165) is 11.1 Å². The first-order valence-electron chi connectivity index (χ1n) is 11.0. The van der Waals surface area contributed by atoms with E-state index in [9.17, 15) is 14.4 Å². The van der Waals surface area contributed by atoms with Gasteiger partial charge in [0.2, 0.25) is 0 Å². The molecule has 34 heavy (non-hydrogen) atoms. The SMILES string of the molecule is CC(OC(=O)CCc1nc2ccccc2c(=O)n1C)C(=O)Nc1ccccc1-c1ccccc1. The second-order valence-electron chi connectivity index (χ2n) is 7.94. The normalized spacial score (nSPS) is 11.7. The number of anilines is 1. The highest BCUT2D eigenvalue weighted by molar-refractivity contribution is 5.98. The Hall–Kier alpha value is -4.26. The Morgan fingerprint density at radius 3 is 2.44 bits per heavy atom. The number of aromatic nitrogens is 2. The summed E-state index contributed by atoms with van der Waals surface area (Å²) in [5.41, 5.74) is 2.89. The van der Waals surface area contributed by atoms with Crippen LogP contribution in [0.5, 0.6) is 0 Å². The number of aryl methyl sites for hydroxylation is 1. The van der Waals surface area contributed by atoms with Gasteiger partial charge in [-0.15, -0.1) is 0 Å². The van der Waals surface area contributed by atoms with Gasteiger partial charge < -0.3 is 10.1 Å². The van der Waals surface area contributed by atoms with Crippen LogP contribution >= 0.6 is 0 Å². The minimum Gasteiger partial charge on any atom is -0.453 e. The molecule has 0 saturated carbocycles. The number of para-hydroxylation sites is 2. The number of hydrogen-bond donors (Lipinski definition) is 1. The van der Waals surface area contributed by atoms with Crippen LogP contribution in [0.1, 0.15) is 19.2 Å². The number of carbonyl (C=O) groups is 2. The molecule has 1 N–H and O–H groups in total. The topological polar surface area (TPSA) is 90.3 Å². The molecule has 1 amide bonds. The van der Waals surface area contributed by atoms with Crippen molar-refractivity contribution in [2.75, 3.05) is 5.32 Å². The van der Waals surface area contributed by atoms with Gasteiger partial charge in [-0.05, 0) is 30.7 Å². The minimum atomic E-state index is -0.982. The van der Waals surface area contributed by atoms with Gasteiger partial charge in [-0.25, -0.2) is 4.98 Å². The molecule has 0 fully saturated rings. The van der Waals surface area contributed by atoms with E-state index in [1.165, 1.54) is 11.5 Å². The standard InChI is InChI=1S/C27H25N3O4/c1-18(26(32)29-22-14-8-6-12-20(22)19-10-4-3-5-11-19)34-25(31)17-16-24-28-23-15-9-7-13-21(23)27(33)30(24)2/h3-15,18H,16-17H2,1-2H3,(H,29,32). The summed E-state index contributed by atoms with van der Waals surface area (Å²) >= 11 is 0. The van der Waals surface area contributed by atoms with Crippen LogP contribution in [0.25, 0.3) is 22.0 Å². The molecule has 0 aliphatic heterocycles. The molecule has 1 unspecified atom stereocenters. The average molecular weight is 456 g/mol. The van der Waals surface area contributed by atoms with Crippen LogP contribution in [0, 0.1) is 0 Å². The molecular formula is C27H25N3O4. The second-order valence-corrected chi connectivity index (χ2v) is 7.94. The zero-order valence-corrected chi connectivity index (χ0v) is 19.0. The molecule has 172 valence electrons. The maximum atomic E-state index is 12.7. The first kappa shape index (κ1) is 22.9. The van der Waals surface area contributed by atoms with Crippen LogP contribution in [0.15, 0.2) is 83.7 Å². The molecule has 4 aromatic rings. The lowest BCUT2D eigenvalue weighted by atomic mass is 10.0. The summed E-state index contributed by atoms with van der Waals surface area (Å²) in [6, 6.07) is 24.2. The van der Waals surface area contributed by atoms with E-state index >= 15 is 0 Å². The van der Waals surface area contributed by atoms with Crippen molar-refractivity contribution in [3.8, 4) is 11.1 Å². The number of esters is 1. The summed E-state index contributed by atoms with van der Waals surface area (Å²) in [5.74, 6) is -0.482. The van der Waals surface area contributed by atoms with Crippen LogP contribution in [0.4, 0.5) is 5.69 Å². The third kappa shape index (κ3) is 5.04. The number of amides is 1. The number of rotatable bonds is 7. The van der Waals surface area contributed by atoms with E-state index in [1.54, 1.807) is 31.3 Å². The van der Waals surface area contributed by atoms with E-state index in [1.807, 2.05) is 54.6 Å². The fourth-order valence-corrected chi connectivity index (χ4v) is 3.71. The van der Waals surface area contributed by atoms with E-state index in [4.69, 9.17) is 4.74 Å². The molecule has 4 rings (SSSR count). The number of benzene rings is 3. The number of ether oxygens (including phenoxy) is 1.